The van der Waals surface area contributed by atoms with Crippen molar-refractivity contribution in [3.05, 3.63) is 24.3 Å². The maximum Gasteiger partial charge on any atom is 0.411 e. The van der Waals surface area contributed by atoms with Gasteiger partial charge in [-0.15, -0.1) is 5.10 Å². The molecule has 0 spiro atoms. The van der Waals surface area contributed by atoms with E-state index in [0.717, 1.165) is 23.9 Å². The number of nitrogens with zero attached hydrogens (tertiary/aromatic N) is 4. The highest BCUT2D eigenvalue weighted by atomic mass is 16.5. The second kappa shape index (κ2) is 4.29. The molecule has 0 radical (unpaired) electrons. The monoisotopic (exact) mass is 246 g/mol. The molecule has 1 aromatic heterocycles. The van der Waals surface area contributed by atoms with Crippen LogP contribution in [0.15, 0.2) is 24.3 Å². The van der Waals surface area contributed by atoms with E-state index in [9.17, 15) is 4.79 Å². The summed E-state index contributed by atoms with van der Waals surface area (Å²) in [6.07, 6.45) is 1.43. The summed E-state index contributed by atoms with van der Waals surface area (Å²) >= 11 is 0. The first-order valence-electron chi connectivity index (χ1n) is 5.96. The molecule has 1 fully saturated rings. The Labute approximate surface area is 104 Å². The lowest BCUT2D eigenvalue weighted by molar-refractivity contribution is 0.102. The minimum absolute atomic E-state index is 0.0927. The number of para-hydroxylation sites is 1. The molecule has 0 saturated carbocycles. The van der Waals surface area contributed by atoms with Crippen LogP contribution in [0.4, 0.5) is 4.79 Å². The van der Waals surface area contributed by atoms with Crippen molar-refractivity contribution in [2.24, 2.45) is 0 Å². The molecule has 6 heteroatoms. The van der Waals surface area contributed by atoms with Crippen molar-refractivity contribution in [3.8, 4) is 0 Å². The Morgan fingerprint density at radius 2 is 2.28 bits per heavy atom. The summed E-state index contributed by atoms with van der Waals surface area (Å²) in [6, 6.07) is 7.74. The Morgan fingerprint density at radius 1 is 1.44 bits per heavy atom. The molecular weight excluding hydrogens is 232 g/mol. The molecule has 3 rings (SSSR count). The summed E-state index contributed by atoms with van der Waals surface area (Å²) in [5, 5.41) is 8.28. The molecule has 2 heterocycles. The fraction of sp³-hybridized carbons (Fsp3) is 0.417. The van der Waals surface area contributed by atoms with Crippen LogP contribution in [0, 0.1) is 0 Å². The second-order valence-corrected chi connectivity index (χ2v) is 4.31. The highest BCUT2D eigenvalue weighted by molar-refractivity contribution is 5.74. The number of aromatic nitrogens is 3. The zero-order valence-electron chi connectivity index (χ0n) is 10.1. The molecule has 1 amide bonds. The summed E-state index contributed by atoms with van der Waals surface area (Å²) in [5.74, 6) is 0. The summed E-state index contributed by atoms with van der Waals surface area (Å²) < 4.78 is 6.60. The lowest BCUT2D eigenvalue weighted by atomic mass is 10.3. The van der Waals surface area contributed by atoms with E-state index in [4.69, 9.17) is 4.74 Å². The molecular formula is C12H14N4O2. The summed E-state index contributed by atoms with van der Waals surface area (Å²) in [5.41, 5.74) is 1.78. The van der Waals surface area contributed by atoms with Crippen molar-refractivity contribution >= 4 is 17.1 Å². The second-order valence-electron chi connectivity index (χ2n) is 4.31. The van der Waals surface area contributed by atoms with E-state index in [1.165, 1.54) is 7.11 Å². The van der Waals surface area contributed by atoms with E-state index < -0.39 is 0 Å². The Hall–Kier alpha value is -2.11. The predicted octanol–water partition coefficient (Wildman–Crippen LogP) is 1.79. The number of fused-ring (bicyclic) bond motifs is 1. The van der Waals surface area contributed by atoms with Gasteiger partial charge in [-0.3, -0.25) is 4.90 Å². The van der Waals surface area contributed by atoms with E-state index in [0.29, 0.717) is 6.54 Å². The van der Waals surface area contributed by atoms with Crippen molar-refractivity contribution in [2.75, 3.05) is 13.7 Å². The molecule has 94 valence electrons. The van der Waals surface area contributed by atoms with Gasteiger partial charge in [0.25, 0.3) is 0 Å². The van der Waals surface area contributed by atoms with Crippen LogP contribution in [0.25, 0.3) is 11.0 Å². The standard InChI is InChI=1S/C12H14N4O2/c1-18-12(17)15-8-4-7-11(15)16-10-6-3-2-5-9(10)13-14-16/h2-3,5-6,11H,4,7-8H2,1H3/t11-/m0/s1. The average Bonchev–Trinajstić information content (AvgIpc) is 3.03. The third-order valence-corrected chi connectivity index (χ3v) is 3.29. The number of methoxy groups -OCH3 is 1. The van der Waals surface area contributed by atoms with Gasteiger partial charge in [0.05, 0.1) is 12.6 Å². The molecule has 2 aromatic rings. The predicted molar refractivity (Wildman–Crippen MR) is 64.9 cm³/mol. The largest absolute Gasteiger partial charge is 0.453 e. The molecule has 0 N–H and O–H groups in total. The summed E-state index contributed by atoms with van der Waals surface area (Å²) in [4.78, 5) is 13.4. The third kappa shape index (κ3) is 1.61. The number of hydrogen-bond acceptors (Lipinski definition) is 4. The van der Waals surface area contributed by atoms with Crippen LogP contribution in [0.3, 0.4) is 0 Å². The van der Waals surface area contributed by atoms with E-state index in [1.807, 2.05) is 24.3 Å². The SMILES string of the molecule is COC(=O)N1CCC[C@@H]1n1nnc2ccccc21. The van der Waals surface area contributed by atoms with Crippen LogP contribution in [0.2, 0.25) is 0 Å². The number of hydrogen-bond donors (Lipinski definition) is 0. The van der Waals surface area contributed by atoms with Gasteiger partial charge in [0.1, 0.15) is 11.7 Å². The van der Waals surface area contributed by atoms with Crippen LogP contribution >= 0.6 is 0 Å². The van der Waals surface area contributed by atoms with Crippen molar-refractivity contribution in [3.63, 3.8) is 0 Å². The zero-order valence-corrected chi connectivity index (χ0v) is 10.1. The minimum Gasteiger partial charge on any atom is -0.453 e. The molecule has 0 bridgehead atoms. The van der Waals surface area contributed by atoms with Gasteiger partial charge < -0.3 is 4.74 Å². The van der Waals surface area contributed by atoms with Gasteiger partial charge in [-0.25, -0.2) is 9.48 Å². The van der Waals surface area contributed by atoms with Crippen LogP contribution in [-0.2, 0) is 4.74 Å². The Morgan fingerprint density at radius 3 is 3.11 bits per heavy atom. The molecule has 0 aliphatic carbocycles. The van der Waals surface area contributed by atoms with Crippen LogP contribution in [0.5, 0.6) is 0 Å². The first kappa shape index (κ1) is 11.0. The van der Waals surface area contributed by atoms with Crippen molar-refractivity contribution in [1.29, 1.82) is 0 Å². The third-order valence-electron chi connectivity index (χ3n) is 3.29. The highest BCUT2D eigenvalue weighted by Gasteiger charge is 2.32. The number of rotatable bonds is 1. The number of ether oxygens (including phenoxy) is 1. The highest BCUT2D eigenvalue weighted by Crippen LogP contribution is 2.29. The van der Waals surface area contributed by atoms with E-state index >= 15 is 0 Å². The van der Waals surface area contributed by atoms with Crippen molar-refractivity contribution < 1.29 is 9.53 Å². The lowest BCUT2D eigenvalue weighted by Gasteiger charge is -2.23. The molecule has 6 nitrogen and oxygen atoms in total. The topological polar surface area (TPSA) is 60.2 Å². The minimum atomic E-state index is -0.308. The molecule has 1 saturated heterocycles. The van der Waals surface area contributed by atoms with Crippen LogP contribution in [-0.4, -0.2) is 39.6 Å². The fourth-order valence-corrected chi connectivity index (χ4v) is 2.44. The molecule has 18 heavy (non-hydrogen) atoms. The first-order chi connectivity index (χ1) is 8.81. The number of carbonyl (C=O) groups is 1. The fourth-order valence-electron chi connectivity index (χ4n) is 2.44. The van der Waals surface area contributed by atoms with Crippen molar-refractivity contribution in [1.82, 2.24) is 19.9 Å². The number of amides is 1. The Bertz CT molecular complexity index is 580. The molecule has 1 aliphatic rings. The normalized spacial score (nSPS) is 19.4. The van der Waals surface area contributed by atoms with Crippen LogP contribution < -0.4 is 0 Å². The molecule has 1 aromatic carbocycles. The molecule has 1 atom stereocenters. The van der Waals surface area contributed by atoms with E-state index in [2.05, 4.69) is 10.3 Å². The zero-order chi connectivity index (χ0) is 12.5. The molecule has 1 aliphatic heterocycles. The van der Waals surface area contributed by atoms with Gasteiger partial charge in [0, 0.05) is 6.54 Å². The smallest absolute Gasteiger partial charge is 0.411 e. The van der Waals surface area contributed by atoms with Gasteiger partial charge in [0.15, 0.2) is 0 Å². The number of carbonyl (C=O) groups excluding carboxylic acids is 1. The first-order valence-corrected chi connectivity index (χ1v) is 5.96. The number of benzene rings is 1. The lowest BCUT2D eigenvalue weighted by Crippen LogP contribution is -2.33. The summed E-state index contributed by atoms with van der Waals surface area (Å²) in [6.45, 7) is 0.700. The van der Waals surface area contributed by atoms with Crippen LogP contribution in [0.1, 0.15) is 19.0 Å². The average molecular weight is 246 g/mol. The van der Waals surface area contributed by atoms with Gasteiger partial charge in [0.2, 0.25) is 0 Å². The van der Waals surface area contributed by atoms with Gasteiger partial charge in [-0.05, 0) is 25.0 Å². The van der Waals surface area contributed by atoms with Gasteiger partial charge in [-0.2, -0.15) is 0 Å². The quantitative estimate of drug-likeness (QED) is 0.769. The molecule has 0 unspecified atom stereocenters. The Balaban J connectivity index is 2.01. The van der Waals surface area contributed by atoms with E-state index in [1.54, 1.807) is 9.58 Å². The van der Waals surface area contributed by atoms with Gasteiger partial charge >= 0.3 is 6.09 Å². The maximum absolute atomic E-state index is 11.7. The number of likely N-dealkylation sites (tertiary alicyclic amines) is 1. The maximum atomic E-state index is 11.7. The summed E-state index contributed by atoms with van der Waals surface area (Å²) in [7, 11) is 1.40. The van der Waals surface area contributed by atoms with Gasteiger partial charge in [-0.1, -0.05) is 17.3 Å². The van der Waals surface area contributed by atoms with E-state index in [-0.39, 0.29) is 12.3 Å². The van der Waals surface area contributed by atoms with Crippen molar-refractivity contribution in [2.45, 2.75) is 19.0 Å². The Kier molecular flexibility index (Phi) is 2.62.